The minimum atomic E-state index is 0.500. The second-order valence-corrected chi connectivity index (χ2v) is 2.49. The van der Waals surface area contributed by atoms with E-state index >= 15 is 0 Å². The van der Waals surface area contributed by atoms with E-state index in [0.29, 0.717) is 6.54 Å². The third-order valence-corrected chi connectivity index (χ3v) is 1.72. The van der Waals surface area contributed by atoms with Crippen LogP contribution in [0.4, 0.5) is 5.69 Å². The second-order valence-electron chi connectivity index (χ2n) is 2.49. The van der Waals surface area contributed by atoms with E-state index < -0.39 is 0 Å². The molecule has 0 saturated heterocycles. The van der Waals surface area contributed by atoms with E-state index in [1.165, 1.54) is 5.56 Å². The van der Waals surface area contributed by atoms with Crippen molar-refractivity contribution in [3.05, 3.63) is 36.2 Å². The minimum Gasteiger partial charge on any atom is -0.398 e. The molecule has 0 heterocycles. The van der Waals surface area contributed by atoms with Crippen molar-refractivity contribution in [2.24, 2.45) is 5.73 Å². The van der Waals surface area contributed by atoms with E-state index in [1.54, 1.807) is 0 Å². The summed E-state index contributed by atoms with van der Waals surface area (Å²) in [7, 11) is 0. The van der Waals surface area contributed by atoms with E-state index in [4.69, 9.17) is 11.5 Å². The number of anilines is 1. The highest BCUT2D eigenvalue weighted by Gasteiger charge is 1.96. The first-order chi connectivity index (χ1) is 5.27. The molecule has 2 nitrogen and oxygen atoms in total. The predicted molar refractivity (Wildman–Crippen MR) is 47.8 cm³/mol. The summed E-state index contributed by atoms with van der Waals surface area (Å²) in [5.41, 5.74) is 14.1. The maximum atomic E-state index is 5.65. The van der Waals surface area contributed by atoms with Gasteiger partial charge in [-0.2, -0.15) is 0 Å². The maximum absolute atomic E-state index is 5.65. The zero-order valence-electron chi connectivity index (χ0n) is 6.51. The number of benzene rings is 1. The molecule has 1 rings (SSSR count). The summed E-state index contributed by atoms with van der Waals surface area (Å²) < 4.78 is 0. The molecule has 1 radical (unpaired) electrons. The molecule has 0 atom stereocenters. The third-order valence-electron chi connectivity index (χ3n) is 1.72. The molecular weight excluding hydrogens is 136 g/mol. The Morgan fingerprint density at radius 1 is 1.36 bits per heavy atom. The first-order valence-electron chi connectivity index (χ1n) is 3.64. The lowest BCUT2D eigenvalue weighted by molar-refractivity contribution is 1.06. The van der Waals surface area contributed by atoms with E-state index in [2.05, 4.69) is 6.92 Å². The summed E-state index contributed by atoms with van der Waals surface area (Å²) in [5, 5.41) is 0. The van der Waals surface area contributed by atoms with Crippen molar-refractivity contribution in [1.29, 1.82) is 0 Å². The van der Waals surface area contributed by atoms with Crippen molar-refractivity contribution < 1.29 is 0 Å². The summed E-state index contributed by atoms with van der Waals surface area (Å²) in [6.07, 6.45) is 0.785. The molecule has 0 aromatic heterocycles. The lowest BCUT2D eigenvalue weighted by Crippen LogP contribution is -2.02. The van der Waals surface area contributed by atoms with Crippen molar-refractivity contribution in [2.45, 2.75) is 13.0 Å². The van der Waals surface area contributed by atoms with Gasteiger partial charge in [-0.15, -0.1) is 0 Å². The summed E-state index contributed by atoms with van der Waals surface area (Å²) >= 11 is 0. The van der Waals surface area contributed by atoms with Crippen LogP contribution in [-0.2, 0) is 13.0 Å². The average molecular weight is 149 g/mol. The second kappa shape index (κ2) is 3.39. The first kappa shape index (κ1) is 8.08. The predicted octanol–water partition coefficient (Wildman–Crippen LogP) is 1.10. The number of nitrogen functional groups attached to an aromatic ring is 1. The van der Waals surface area contributed by atoms with Gasteiger partial charge in [0.15, 0.2) is 0 Å². The van der Waals surface area contributed by atoms with Crippen LogP contribution in [0.1, 0.15) is 11.1 Å². The van der Waals surface area contributed by atoms with Crippen molar-refractivity contribution >= 4 is 5.69 Å². The number of hydrogen-bond donors (Lipinski definition) is 2. The van der Waals surface area contributed by atoms with Crippen LogP contribution in [-0.4, -0.2) is 0 Å². The molecule has 0 amide bonds. The Morgan fingerprint density at radius 3 is 2.64 bits per heavy atom. The van der Waals surface area contributed by atoms with Crippen molar-refractivity contribution in [1.82, 2.24) is 0 Å². The van der Waals surface area contributed by atoms with Gasteiger partial charge in [-0.05, 0) is 30.5 Å². The highest BCUT2D eigenvalue weighted by atomic mass is 14.6. The quantitative estimate of drug-likeness (QED) is 0.619. The van der Waals surface area contributed by atoms with Gasteiger partial charge in [0.05, 0.1) is 0 Å². The largest absolute Gasteiger partial charge is 0.398 e. The van der Waals surface area contributed by atoms with Crippen LogP contribution in [0.15, 0.2) is 18.2 Å². The van der Waals surface area contributed by atoms with Gasteiger partial charge in [-0.25, -0.2) is 0 Å². The maximum Gasteiger partial charge on any atom is 0.0359 e. The molecule has 59 valence electrons. The molecule has 1 aromatic carbocycles. The molecular formula is C9H13N2. The molecule has 2 heteroatoms. The molecule has 0 aliphatic carbocycles. The lowest BCUT2D eigenvalue weighted by Gasteiger charge is -2.04. The molecule has 0 aliphatic rings. The van der Waals surface area contributed by atoms with E-state index in [1.807, 2.05) is 18.2 Å². The number of nitrogens with two attached hydrogens (primary N) is 2. The van der Waals surface area contributed by atoms with Gasteiger partial charge in [-0.1, -0.05) is 12.1 Å². The summed E-state index contributed by atoms with van der Waals surface area (Å²) in [5.74, 6) is 0. The zero-order valence-corrected chi connectivity index (χ0v) is 6.51. The van der Waals surface area contributed by atoms with Crippen LogP contribution in [0.25, 0.3) is 0 Å². The van der Waals surface area contributed by atoms with E-state index in [-0.39, 0.29) is 0 Å². The van der Waals surface area contributed by atoms with Gasteiger partial charge in [0.2, 0.25) is 0 Å². The summed E-state index contributed by atoms with van der Waals surface area (Å²) in [4.78, 5) is 0. The number of rotatable bonds is 2. The molecule has 0 fully saturated rings. The van der Waals surface area contributed by atoms with Crippen LogP contribution in [0, 0.1) is 6.92 Å². The van der Waals surface area contributed by atoms with Crippen molar-refractivity contribution in [2.75, 3.05) is 5.73 Å². The Balaban J connectivity index is 3.02. The molecule has 0 saturated carbocycles. The smallest absolute Gasteiger partial charge is 0.0359 e. The highest BCUT2D eigenvalue weighted by Crippen LogP contribution is 2.13. The topological polar surface area (TPSA) is 52.0 Å². The fourth-order valence-electron chi connectivity index (χ4n) is 0.991. The van der Waals surface area contributed by atoms with Crippen LogP contribution >= 0.6 is 0 Å². The Hall–Kier alpha value is -1.02. The van der Waals surface area contributed by atoms with Crippen LogP contribution in [0.3, 0.4) is 0 Å². The Bertz CT molecular complexity index is 243. The van der Waals surface area contributed by atoms with E-state index in [0.717, 1.165) is 17.7 Å². The van der Waals surface area contributed by atoms with Crippen LogP contribution in [0.2, 0.25) is 0 Å². The SMILES string of the molecule is [CH2]Cc1ccc(N)c(CN)c1. The lowest BCUT2D eigenvalue weighted by atomic mass is 10.1. The molecule has 0 spiro atoms. The average Bonchev–Trinajstić information content (AvgIpc) is 2.05. The Kier molecular flexibility index (Phi) is 2.49. The third kappa shape index (κ3) is 1.71. The zero-order chi connectivity index (χ0) is 8.27. The Morgan fingerprint density at radius 2 is 2.09 bits per heavy atom. The summed E-state index contributed by atoms with van der Waals surface area (Å²) in [6.45, 7) is 4.28. The fraction of sp³-hybridized carbons (Fsp3) is 0.222. The molecule has 4 N–H and O–H groups in total. The normalized spacial score (nSPS) is 10.0. The standard InChI is InChI=1S/C9H13N2/c1-2-7-3-4-9(11)8(5-7)6-10/h3-5H,1-2,6,10-11H2. The molecule has 1 aromatic rings. The van der Waals surface area contributed by atoms with Gasteiger partial charge in [0.1, 0.15) is 0 Å². The monoisotopic (exact) mass is 149 g/mol. The highest BCUT2D eigenvalue weighted by molar-refractivity contribution is 5.48. The van der Waals surface area contributed by atoms with Crippen molar-refractivity contribution in [3.8, 4) is 0 Å². The van der Waals surface area contributed by atoms with Crippen LogP contribution < -0.4 is 11.5 Å². The minimum absolute atomic E-state index is 0.500. The van der Waals surface area contributed by atoms with Crippen LogP contribution in [0.5, 0.6) is 0 Å². The van der Waals surface area contributed by atoms with Gasteiger partial charge in [0.25, 0.3) is 0 Å². The Labute approximate surface area is 67.2 Å². The number of hydrogen-bond acceptors (Lipinski definition) is 2. The summed E-state index contributed by atoms with van der Waals surface area (Å²) in [6, 6.07) is 5.85. The van der Waals surface area contributed by atoms with Crippen molar-refractivity contribution in [3.63, 3.8) is 0 Å². The van der Waals surface area contributed by atoms with E-state index in [9.17, 15) is 0 Å². The first-order valence-corrected chi connectivity index (χ1v) is 3.64. The van der Waals surface area contributed by atoms with Gasteiger partial charge in [0, 0.05) is 12.2 Å². The fourth-order valence-corrected chi connectivity index (χ4v) is 0.991. The molecule has 11 heavy (non-hydrogen) atoms. The molecule has 0 unspecified atom stereocenters. The molecule has 0 bridgehead atoms. The van der Waals surface area contributed by atoms with Gasteiger partial charge in [-0.3, -0.25) is 0 Å². The molecule has 0 aliphatic heterocycles. The van der Waals surface area contributed by atoms with Gasteiger partial charge < -0.3 is 11.5 Å². The van der Waals surface area contributed by atoms with Gasteiger partial charge >= 0.3 is 0 Å².